The molecule has 0 radical (unpaired) electrons. The van der Waals surface area contributed by atoms with Gasteiger partial charge in [-0.2, -0.15) is 0 Å². The van der Waals surface area contributed by atoms with Gasteiger partial charge < -0.3 is 10.5 Å². The molecule has 7 nitrogen and oxygen atoms in total. The quantitative estimate of drug-likeness (QED) is 0.621. The number of carbonyl (C=O) groups excluding carboxylic acids is 3. The van der Waals surface area contributed by atoms with Crippen molar-refractivity contribution in [1.29, 1.82) is 0 Å². The number of pyridine rings is 1. The van der Waals surface area contributed by atoms with Gasteiger partial charge >= 0.3 is 12.0 Å². The Morgan fingerprint density at radius 1 is 1.07 bits per heavy atom. The molecular formula is C19H14BrN3O4. The van der Waals surface area contributed by atoms with E-state index < -0.39 is 24.5 Å². The normalized spacial score (nSPS) is 10.4. The van der Waals surface area contributed by atoms with Crippen LogP contribution in [0.1, 0.15) is 10.4 Å². The number of fused-ring (bicyclic) bond motifs is 1. The standard InChI is InChI=1S/C19H14BrN3O4/c20-12-6-7-15-13(8-12)14(18(25)27-10-17(24)23-19(21)26)9-16(22-15)11-4-2-1-3-5-11/h1-9H,10H2,(H3,21,23,24,26). The van der Waals surface area contributed by atoms with Crippen LogP contribution in [0.2, 0.25) is 0 Å². The number of carbonyl (C=O) groups is 3. The van der Waals surface area contributed by atoms with Crippen LogP contribution in [0.4, 0.5) is 4.79 Å². The maximum Gasteiger partial charge on any atom is 0.339 e. The molecule has 27 heavy (non-hydrogen) atoms. The lowest BCUT2D eigenvalue weighted by atomic mass is 10.0. The van der Waals surface area contributed by atoms with Crippen molar-refractivity contribution in [2.45, 2.75) is 0 Å². The van der Waals surface area contributed by atoms with E-state index in [4.69, 9.17) is 10.5 Å². The summed E-state index contributed by atoms with van der Waals surface area (Å²) in [5.41, 5.74) is 7.15. The first-order valence-electron chi connectivity index (χ1n) is 7.86. The van der Waals surface area contributed by atoms with Crippen molar-refractivity contribution in [2.75, 3.05) is 6.61 Å². The number of benzene rings is 2. The first-order valence-corrected chi connectivity index (χ1v) is 8.65. The van der Waals surface area contributed by atoms with E-state index in [1.165, 1.54) is 0 Å². The molecule has 8 heteroatoms. The largest absolute Gasteiger partial charge is 0.452 e. The summed E-state index contributed by atoms with van der Waals surface area (Å²) in [5.74, 6) is -1.52. The van der Waals surface area contributed by atoms with Crippen molar-refractivity contribution in [3.8, 4) is 11.3 Å². The Balaban J connectivity index is 1.99. The van der Waals surface area contributed by atoms with Gasteiger partial charge in [-0.05, 0) is 24.3 Å². The zero-order valence-electron chi connectivity index (χ0n) is 13.9. The lowest BCUT2D eigenvalue weighted by Crippen LogP contribution is -2.37. The minimum atomic E-state index is -1.01. The maximum absolute atomic E-state index is 12.6. The Labute approximate surface area is 162 Å². The van der Waals surface area contributed by atoms with Gasteiger partial charge in [-0.3, -0.25) is 10.1 Å². The SMILES string of the molecule is NC(=O)NC(=O)COC(=O)c1cc(-c2ccccc2)nc2ccc(Br)cc12. The molecule has 1 heterocycles. The van der Waals surface area contributed by atoms with E-state index in [-0.39, 0.29) is 5.56 Å². The molecule has 0 aliphatic heterocycles. The first-order chi connectivity index (χ1) is 12.9. The summed E-state index contributed by atoms with van der Waals surface area (Å²) in [4.78, 5) is 39.3. The molecule has 2 aromatic carbocycles. The average Bonchev–Trinajstić information content (AvgIpc) is 2.65. The third-order valence-corrected chi connectivity index (χ3v) is 4.15. The third kappa shape index (κ3) is 4.48. The fraction of sp³-hybridized carbons (Fsp3) is 0.0526. The minimum Gasteiger partial charge on any atom is -0.452 e. The molecule has 0 spiro atoms. The first kappa shape index (κ1) is 18.5. The van der Waals surface area contributed by atoms with Crippen LogP contribution in [-0.2, 0) is 9.53 Å². The van der Waals surface area contributed by atoms with E-state index in [1.54, 1.807) is 18.2 Å². The minimum absolute atomic E-state index is 0.257. The van der Waals surface area contributed by atoms with Crippen LogP contribution in [0.25, 0.3) is 22.2 Å². The summed E-state index contributed by atoms with van der Waals surface area (Å²) in [6.07, 6.45) is 0. The summed E-state index contributed by atoms with van der Waals surface area (Å²) in [5, 5.41) is 2.41. The Bertz CT molecular complexity index is 1040. The summed E-state index contributed by atoms with van der Waals surface area (Å²) >= 11 is 3.37. The van der Waals surface area contributed by atoms with Gasteiger partial charge in [-0.25, -0.2) is 14.6 Å². The van der Waals surface area contributed by atoms with Gasteiger partial charge in [0.2, 0.25) is 0 Å². The fourth-order valence-electron chi connectivity index (χ4n) is 2.51. The van der Waals surface area contributed by atoms with Crippen molar-refractivity contribution in [3.63, 3.8) is 0 Å². The highest BCUT2D eigenvalue weighted by molar-refractivity contribution is 9.10. The van der Waals surface area contributed by atoms with E-state index in [9.17, 15) is 14.4 Å². The number of nitrogens with one attached hydrogen (secondary N) is 1. The predicted molar refractivity (Wildman–Crippen MR) is 103 cm³/mol. The van der Waals surface area contributed by atoms with Crippen LogP contribution < -0.4 is 11.1 Å². The van der Waals surface area contributed by atoms with E-state index in [1.807, 2.05) is 41.7 Å². The lowest BCUT2D eigenvalue weighted by Gasteiger charge is -2.10. The number of aromatic nitrogens is 1. The number of ether oxygens (including phenoxy) is 1. The Kier molecular flexibility index (Phi) is 5.46. The molecular weight excluding hydrogens is 414 g/mol. The average molecular weight is 428 g/mol. The van der Waals surface area contributed by atoms with Gasteiger partial charge in [-0.15, -0.1) is 0 Å². The number of primary amides is 1. The summed E-state index contributed by atoms with van der Waals surface area (Å²) in [6, 6.07) is 15.3. The van der Waals surface area contributed by atoms with Gasteiger partial charge in [0.1, 0.15) is 0 Å². The number of amides is 3. The zero-order chi connectivity index (χ0) is 19.4. The van der Waals surface area contributed by atoms with Crippen LogP contribution in [0, 0.1) is 0 Å². The number of hydrogen-bond acceptors (Lipinski definition) is 5. The van der Waals surface area contributed by atoms with Crippen LogP contribution >= 0.6 is 15.9 Å². The van der Waals surface area contributed by atoms with Crippen molar-refractivity contribution >= 4 is 44.7 Å². The molecule has 0 atom stereocenters. The van der Waals surface area contributed by atoms with Gasteiger partial charge in [0.25, 0.3) is 5.91 Å². The molecule has 3 amide bonds. The van der Waals surface area contributed by atoms with Crippen LogP contribution in [0.5, 0.6) is 0 Å². The van der Waals surface area contributed by atoms with Gasteiger partial charge in [0.05, 0.1) is 16.8 Å². The number of halogens is 1. The second-order valence-electron chi connectivity index (χ2n) is 5.57. The summed E-state index contributed by atoms with van der Waals surface area (Å²) < 4.78 is 5.80. The van der Waals surface area contributed by atoms with Crippen molar-refractivity contribution < 1.29 is 19.1 Å². The van der Waals surface area contributed by atoms with Gasteiger partial charge in [0.15, 0.2) is 6.61 Å². The Hall–Kier alpha value is -3.26. The number of nitrogens with zero attached hydrogens (tertiary/aromatic N) is 1. The molecule has 3 rings (SSSR count). The molecule has 1 aromatic heterocycles. The van der Waals surface area contributed by atoms with Crippen LogP contribution in [0.3, 0.4) is 0 Å². The number of hydrogen-bond donors (Lipinski definition) is 2. The van der Waals surface area contributed by atoms with Crippen LogP contribution in [-0.4, -0.2) is 29.5 Å². The zero-order valence-corrected chi connectivity index (χ0v) is 15.5. The molecule has 3 N–H and O–H groups in total. The van der Waals surface area contributed by atoms with Crippen molar-refractivity contribution in [3.05, 3.63) is 64.6 Å². The van der Waals surface area contributed by atoms with Crippen LogP contribution in [0.15, 0.2) is 59.1 Å². The number of rotatable bonds is 4. The monoisotopic (exact) mass is 427 g/mol. The smallest absolute Gasteiger partial charge is 0.339 e. The van der Waals surface area contributed by atoms with E-state index in [0.29, 0.717) is 16.6 Å². The maximum atomic E-state index is 12.6. The number of imide groups is 1. The molecule has 0 unspecified atom stereocenters. The predicted octanol–water partition coefficient (Wildman–Crippen LogP) is 3.02. The van der Waals surface area contributed by atoms with Crippen molar-refractivity contribution in [2.24, 2.45) is 5.73 Å². The number of urea groups is 1. The topological polar surface area (TPSA) is 111 Å². The second-order valence-corrected chi connectivity index (χ2v) is 6.49. The molecule has 0 saturated heterocycles. The van der Waals surface area contributed by atoms with E-state index >= 15 is 0 Å². The van der Waals surface area contributed by atoms with E-state index in [0.717, 1.165) is 10.0 Å². The molecule has 136 valence electrons. The van der Waals surface area contributed by atoms with Gasteiger partial charge in [0, 0.05) is 15.4 Å². The van der Waals surface area contributed by atoms with Crippen molar-refractivity contribution in [1.82, 2.24) is 10.3 Å². The molecule has 0 aliphatic rings. The number of esters is 1. The highest BCUT2D eigenvalue weighted by atomic mass is 79.9. The Morgan fingerprint density at radius 3 is 2.52 bits per heavy atom. The lowest BCUT2D eigenvalue weighted by molar-refractivity contribution is -0.123. The molecule has 3 aromatic rings. The number of nitrogens with two attached hydrogens (primary N) is 1. The Morgan fingerprint density at radius 2 is 1.81 bits per heavy atom. The fourth-order valence-corrected chi connectivity index (χ4v) is 2.87. The summed E-state index contributed by atoms with van der Waals surface area (Å²) in [7, 11) is 0. The second kappa shape index (κ2) is 7.96. The summed E-state index contributed by atoms with van der Waals surface area (Å²) in [6.45, 7) is -0.625. The molecule has 0 fully saturated rings. The third-order valence-electron chi connectivity index (χ3n) is 3.66. The molecule has 0 aliphatic carbocycles. The highest BCUT2D eigenvalue weighted by Crippen LogP contribution is 2.27. The molecule has 0 saturated carbocycles. The van der Waals surface area contributed by atoms with Gasteiger partial charge in [-0.1, -0.05) is 46.3 Å². The molecule has 0 bridgehead atoms. The van der Waals surface area contributed by atoms with E-state index in [2.05, 4.69) is 20.9 Å². The highest BCUT2D eigenvalue weighted by Gasteiger charge is 2.17.